The van der Waals surface area contributed by atoms with Crippen LogP contribution >= 0.6 is 11.6 Å². The fraction of sp³-hybridized carbons (Fsp3) is 0.250. The van der Waals surface area contributed by atoms with E-state index >= 15 is 0 Å². The van der Waals surface area contributed by atoms with Gasteiger partial charge in [-0.25, -0.2) is 0 Å². The molecular weight excluding hydrogens is 354 g/mol. The van der Waals surface area contributed by atoms with E-state index in [0.29, 0.717) is 28.5 Å². The van der Waals surface area contributed by atoms with Crippen molar-refractivity contribution in [3.05, 3.63) is 64.8 Å². The average molecular weight is 374 g/mol. The summed E-state index contributed by atoms with van der Waals surface area (Å²) < 4.78 is 11.7. The molecule has 0 amide bonds. The maximum absolute atomic E-state index is 12.9. The van der Waals surface area contributed by atoms with Crippen LogP contribution < -0.4 is 10.1 Å². The van der Waals surface area contributed by atoms with Crippen molar-refractivity contribution in [1.82, 2.24) is 0 Å². The molecule has 0 saturated heterocycles. The van der Waals surface area contributed by atoms with Gasteiger partial charge in [0.2, 0.25) is 12.1 Å². The fourth-order valence-electron chi connectivity index (χ4n) is 2.53. The standard InChI is InChI=1S/C20H20ClNO4/c1-2-3-10-25-20-17(12-22-14-5-7-15(23)8-6-14)19(24)16-11-13(21)4-9-18(16)26-20/h4-9,11-12,20,22-23H,2-3,10H2,1H3. The Balaban J connectivity index is 1.87. The topological polar surface area (TPSA) is 67.8 Å². The van der Waals surface area contributed by atoms with Crippen LogP contribution in [-0.4, -0.2) is 23.8 Å². The van der Waals surface area contributed by atoms with Gasteiger partial charge in [-0.3, -0.25) is 4.79 Å². The lowest BCUT2D eigenvalue weighted by Gasteiger charge is -2.27. The lowest BCUT2D eigenvalue weighted by molar-refractivity contribution is -0.0570. The largest absolute Gasteiger partial charge is 0.508 e. The van der Waals surface area contributed by atoms with Gasteiger partial charge in [0.25, 0.3) is 0 Å². The van der Waals surface area contributed by atoms with E-state index in [4.69, 9.17) is 21.1 Å². The second-order valence-corrected chi connectivity index (χ2v) is 6.37. The molecule has 0 aromatic heterocycles. The average Bonchev–Trinajstić information content (AvgIpc) is 2.63. The molecular formula is C20H20ClNO4. The summed E-state index contributed by atoms with van der Waals surface area (Å²) in [7, 11) is 0. The number of anilines is 1. The minimum atomic E-state index is -0.785. The Morgan fingerprint density at radius 2 is 2.04 bits per heavy atom. The van der Waals surface area contributed by atoms with Crippen LogP contribution in [0.5, 0.6) is 11.5 Å². The van der Waals surface area contributed by atoms with E-state index < -0.39 is 6.29 Å². The number of phenols is 1. The third-order valence-corrected chi connectivity index (χ3v) is 4.20. The number of hydrogen-bond acceptors (Lipinski definition) is 5. The number of fused-ring (bicyclic) bond motifs is 1. The fourth-order valence-corrected chi connectivity index (χ4v) is 2.71. The Bertz CT molecular complexity index is 817. The molecule has 0 spiro atoms. The van der Waals surface area contributed by atoms with E-state index in [1.807, 2.05) is 0 Å². The molecule has 1 unspecified atom stereocenters. The van der Waals surface area contributed by atoms with Crippen LogP contribution in [0.4, 0.5) is 5.69 Å². The van der Waals surface area contributed by atoms with Gasteiger partial charge < -0.3 is 19.9 Å². The van der Waals surface area contributed by atoms with Gasteiger partial charge in [0.05, 0.1) is 17.7 Å². The van der Waals surface area contributed by atoms with Gasteiger partial charge in [0.1, 0.15) is 11.5 Å². The number of ketones is 1. The second kappa shape index (κ2) is 8.25. The zero-order valence-electron chi connectivity index (χ0n) is 14.4. The summed E-state index contributed by atoms with van der Waals surface area (Å²) in [5.41, 5.74) is 1.50. The molecule has 136 valence electrons. The monoisotopic (exact) mass is 373 g/mol. The number of aromatic hydroxyl groups is 1. The number of Topliss-reactive ketones (excluding diaryl/α,β-unsaturated/α-hetero) is 1. The quantitative estimate of drug-likeness (QED) is 0.434. The Kier molecular flexibility index (Phi) is 5.81. The highest BCUT2D eigenvalue weighted by Gasteiger charge is 2.32. The number of benzene rings is 2. The van der Waals surface area contributed by atoms with Gasteiger partial charge in [-0.1, -0.05) is 24.9 Å². The number of halogens is 1. The van der Waals surface area contributed by atoms with Crippen molar-refractivity contribution in [3.8, 4) is 11.5 Å². The van der Waals surface area contributed by atoms with Crippen molar-refractivity contribution in [2.75, 3.05) is 11.9 Å². The molecule has 1 aliphatic rings. The molecule has 1 atom stereocenters. The molecule has 1 aliphatic heterocycles. The predicted octanol–water partition coefficient (Wildman–Crippen LogP) is 4.76. The Morgan fingerprint density at radius 3 is 2.77 bits per heavy atom. The molecule has 2 aromatic carbocycles. The van der Waals surface area contributed by atoms with E-state index in [1.54, 1.807) is 48.7 Å². The molecule has 5 nitrogen and oxygen atoms in total. The van der Waals surface area contributed by atoms with Crippen LogP contribution in [0.25, 0.3) is 0 Å². The molecule has 26 heavy (non-hydrogen) atoms. The smallest absolute Gasteiger partial charge is 0.232 e. The summed E-state index contributed by atoms with van der Waals surface area (Å²) in [5, 5.41) is 12.9. The lowest BCUT2D eigenvalue weighted by Crippen LogP contribution is -2.33. The number of phenolic OH excluding ortho intramolecular Hbond substituents is 1. The molecule has 2 N–H and O–H groups in total. The van der Waals surface area contributed by atoms with Gasteiger partial charge in [-0.15, -0.1) is 0 Å². The van der Waals surface area contributed by atoms with Crippen molar-refractivity contribution in [2.24, 2.45) is 0 Å². The van der Waals surface area contributed by atoms with Crippen molar-refractivity contribution in [3.63, 3.8) is 0 Å². The van der Waals surface area contributed by atoms with Gasteiger partial charge in [0, 0.05) is 16.9 Å². The van der Waals surface area contributed by atoms with Crippen molar-refractivity contribution >= 4 is 23.1 Å². The summed E-state index contributed by atoms with van der Waals surface area (Å²) in [5.74, 6) is 0.439. The molecule has 3 rings (SSSR count). The Labute approximate surface area is 157 Å². The first-order valence-corrected chi connectivity index (χ1v) is 8.84. The SMILES string of the molecule is CCCCOC1Oc2ccc(Cl)cc2C(=O)C1=CNc1ccc(O)cc1. The number of rotatable bonds is 6. The van der Waals surface area contributed by atoms with Crippen molar-refractivity contribution < 1.29 is 19.4 Å². The zero-order chi connectivity index (χ0) is 18.5. The van der Waals surface area contributed by atoms with Crippen LogP contribution in [0, 0.1) is 0 Å². The first-order chi connectivity index (χ1) is 12.6. The number of carbonyl (C=O) groups is 1. The summed E-state index contributed by atoms with van der Waals surface area (Å²) in [6.07, 6.45) is 2.65. The van der Waals surface area contributed by atoms with Crippen LogP contribution in [0.15, 0.2) is 54.2 Å². The van der Waals surface area contributed by atoms with Gasteiger partial charge >= 0.3 is 0 Å². The summed E-state index contributed by atoms with van der Waals surface area (Å²) in [6, 6.07) is 11.5. The van der Waals surface area contributed by atoms with Crippen LogP contribution in [0.3, 0.4) is 0 Å². The number of carbonyl (C=O) groups excluding carboxylic acids is 1. The second-order valence-electron chi connectivity index (χ2n) is 5.93. The number of hydrogen-bond donors (Lipinski definition) is 2. The number of ether oxygens (including phenoxy) is 2. The van der Waals surface area contributed by atoms with E-state index in [1.165, 1.54) is 0 Å². The first-order valence-electron chi connectivity index (χ1n) is 8.46. The highest BCUT2D eigenvalue weighted by atomic mass is 35.5. The molecule has 0 aliphatic carbocycles. The minimum Gasteiger partial charge on any atom is -0.508 e. The maximum Gasteiger partial charge on any atom is 0.232 e. The van der Waals surface area contributed by atoms with E-state index in [-0.39, 0.29) is 11.5 Å². The first kappa shape index (κ1) is 18.3. The molecule has 0 radical (unpaired) electrons. The third kappa shape index (κ3) is 4.18. The lowest BCUT2D eigenvalue weighted by atomic mass is 10.00. The molecule has 0 bridgehead atoms. The van der Waals surface area contributed by atoms with Gasteiger partial charge in [-0.2, -0.15) is 0 Å². The number of unbranched alkanes of at least 4 members (excludes halogenated alkanes) is 1. The molecule has 0 saturated carbocycles. The molecule has 2 aromatic rings. The van der Waals surface area contributed by atoms with Crippen molar-refractivity contribution in [2.45, 2.75) is 26.1 Å². The molecule has 1 heterocycles. The van der Waals surface area contributed by atoms with Crippen molar-refractivity contribution in [1.29, 1.82) is 0 Å². The molecule has 0 fully saturated rings. The van der Waals surface area contributed by atoms with E-state index in [0.717, 1.165) is 18.5 Å². The highest BCUT2D eigenvalue weighted by Crippen LogP contribution is 2.33. The van der Waals surface area contributed by atoms with Gasteiger partial charge in [-0.05, 0) is 48.9 Å². The predicted molar refractivity (Wildman–Crippen MR) is 101 cm³/mol. The minimum absolute atomic E-state index is 0.171. The Morgan fingerprint density at radius 1 is 1.27 bits per heavy atom. The molecule has 6 heteroatoms. The third-order valence-electron chi connectivity index (χ3n) is 3.97. The Hall–Kier alpha value is -2.50. The van der Waals surface area contributed by atoms with E-state index in [2.05, 4.69) is 12.2 Å². The van der Waals surface area contributed by atoms with Crippen LogP contribution in [0.1, 0.15) is 30.1 Å². The van der Waals surface area contributed by atoms with E-state index in [9.17, 15) is 9.90 Å². The van der Waals surface area contributed by atoms with Crippen LogP contribution in [-0.2, 0) is 4.74 Å². The van der Waals surface area contributed by atoms with Gasteiger partial charge in [0.15, 0.2) is 0 Å². The summed E-state index contributed by atoms with van der Waals surface area (Å²) >= 11 is 6.02. The zero-order valence-corrected chi connectivity index (χ0v) is 15.1. The normalized spacial score (nSPS) is 17.7. The van der Waals surface area contributed by atoms with Crippen LogP contribution in [0.2, 0.25) is 5.02 Å². The summed E-state index contributed by atoms with van der Waals surface area (Å²) in [4.78, 5) is 12.9. The summed E-state index contributed by atoms with van der Waals surface area (Å²) in [6.45, 7) is 2.56. The highest BCUT2D eigenvalue weighted by molar-refractivity contribution is 6.31. The maximum atomic E-state index is 12.9. The number of nitrogens with one attached hydrogen (secondary N) is 1.